The minimum Gasteiger partial charge on any atom is -0.314 e. The Balaban J connectivity index is 2.01. The van der Waals surface area contributed by atoms with Gasteiger partial charge in [-0.2, -0.15) is 0 Å². The minimum atomic E-state index is -0.189. The standard InChI is InChI=1S/C15H21ClFN/c1-2-8-18-15-5-3-4-11(15)9-12-10-13(17)6-7-14(12)16/h6-7,10-11,15,18H,2-5,8-9H2,1H3. The zero-order valence-electron chi connectivity index (χ0n) is 10.9. The number of halogens is 2. The van der Waals surface area contributed by atoms with Crippen molar-refractivity contribution in [2.75, 3.05) is 6.54 Å². The van der Waals surface area contributed by atoms with E-state index in [2.05, 4.69) is 12.2 Å². The molecule has 2 rings (SSSR count). The van der Waals surface area contributed by atoms with Gasteiger partial charge in [0.25, 0.3) is 0 Å². The van der Waals surface area contributed by atoms with Gasteiger partial charge in [-0.1, -0.05) is 24.9 Å². The first-order chi connectivity index (χ1) is 8.70. The molecule has 2 atom stereocenters. The van der Waals surface area contributed by atoms with Gasteiger partial charge in [0.1, 0.15) is 5.82 Å². The second kappa shape index (κ2) is 6.53. The van der Waals surface area contributed by atoms with Crippen molar-refractivity contribution >= 4 is 11.6 Å². The molecule has 0 amide bonds. The highest BCUT2D eigenvalue weighted by molar-refractivity contribution is 6.31. The van der Waals surface area contributed by atoms with E-state index in [-0.39, 0.29) is 5.82 Å². The van der Waals surface area contributed by atoms with Crippen LogP contribution in [0.15, 0.2) is 18.2 Å². The van der Waals surface area contributed by atoms with Crippen LogP contribution in [-0.2, 0) is 6.42 Å². The van der Waals surface area contributed by atoms with Gasteiger partial charge in [-0.3, -0.25) is 0 Å². The van der Waals surface area contributed by atoms with Crippen molar-refractivity contribution in [2.45, 2.75) is 45.1 Å². The Bertz CT molecular complexity index is 394. The predicted molar refractivity (Wildman–Crippen MR) is 74.5 cm³/mol. The first-order valence-electron chi connectivity index (χ1n) is 6.88. The topological polar surface area (TPSA) is 12.0 Å². The number of benzene rings is 1. The first-order valence-corrected chi connectivity index (χ1v) is 7.25. The lowest BCUT2D eigenvalue weighted by Crippen LogP contribution is -2.33. The maximum atomic E-state index is 13.2. The van der Waals surface area contributed by atoms with E-state index in [0.717, 1.165) is 24.9 Å². The van der Waals surface area contributed by atoms with E-state index < -0.39 is 0 Å². The molecule has 1 aliphatic carbocycles. The van der Waals surface area contributed by atoms with Gasteiger partial charge < -0.3 is 5.32 Å². The lowest BCUT2D eigenvalue weighted by Gasteiger charge is -2.21. The van der Waals surface area contributed by atoms with E-state index >= 15 is 0 Å². The smallest absolute Gasteiger partial charge is 0.123 e. The maximum Gasteiger partial charge on any atom is 0.123 e. The van der Waals surface area contributed by atoms with Crippen LogP contribution in [0.1, 0.15) is 38.2 Å². The molecule has 1 N–H and O–H groups in total. The molecule has 0 heterocycles. The average Bonchev–Trinajstić information content (AvgIpc) is 2.79. The largest absolute Gasteiger partial charge is 0.314 e. The molecule has 1 aliphatic rings. The van der Waals surface area contributed by atoms with Crippen LogP contribution >= 0.6 is 11.6 Å². The van der Waals surface area contributed by atoms with Crippen LogP contribution in [0.5, 0.6) is 0 Å². The molecule has 3 heteroatoms. The van der Waals surface area contributed by atoms with Gasteiger partial charge in [0.2, 0.25) is 0 Å². The van der Waals surface area contributed by atoms with Crippen molar-refractivity contribution in [3.8, 4) is 0 Å². The number of rotatable bonds is 5. The predicted octanol–water partition coefficient (Wildman–Crippen LogP) is 4.19. The van der Waals surface area contributed by atoms with Crippen LogP contribution in [0, 0.1) is 11.7 Å². The molecule has 0 saturated heterocycles. The van der Waals surface area contributed by atoms with Gasteiger partial charge in [0.15, 0.2) is 0 Å². The molecule has 1 saturated carbocycles. The Morgan fingerprint density at radius 1 is 1.39 bits per heavy atom. The van der Waals surface area contributed by atoms with Crippen molar-refractivity contribution in [2.24, 2.45) is 5.92 Å². The van der Waals surface area contributed by atoms with E-state index in [9.17, 15) is 4.39 Å². The fraction of sp³-hybridized carbons (Fsp3) is 0.600. The summed E-state index contributed by atoms with van der Waals surface area (Å²) in [6.07, 6.45) is 5.76. The molecule has 100 valence electrons. The van der Waals surface area contributed by atoms with Crippen molar-refractivity contribution in [3.63, 3.8) is 0 Å². The van der Waals surface area contributed by atoms with E-state index in [4.69, 9.17) is 11.6 Å². The van der Waals surface area contributed by atoms with Crippen molar-refractivity contribution in [3.05, 3.63) is 34.6 Å². The third-order valence-electron chi connectivity index (χ3n) is 3.81. The molecular weight excluding hydrogens is 249 g/mol. The molecular formula is C15H21ClFN. The van der Waals surface area contributed by atoms with E-state index in [1.807, 2.05) is 0 Å². The Hall–Kier alpha value is -0.600. The fourth-order valence-electron chi connectivity index (χ4n) is 2.86. The Kier molecular flexibility index (Phi) is 5.02. The molecule has 1 aromatic carbocycles. The molecule has 18 heavy (non-hydrogen) atoms. The second-order valence-electron chi connectivity index (χ2n) is 5.19. The minimum absolute atomic E-state index is 0.189. The summed E-state index contributed by atoms with van der Waals surface area (Å²) in [7, 11) is 0. The maximum absolute atomic E-state index is 13.2. The van der Waals surface area contributed by atoms with Gasteiger partial charge in [-0.05, 0) is 61.9 Å². The third kappa shape index (κ3) is 3.46. The van der Waals surface area contributed by atoms with Crippen LogP contribution < -0.4 is 5.32 Å². The first kappa shape index (κ1) is 13.8. The van der Waals surface area contributed by atoms with Crippen molar-refractivity contribution in [1.29, 1.82) is 0 Å². The summed E-state index contributed by atoms with van der Waals surface area (Å²) in [6, 6.07) is 5.24. The van der Waals surface area contributed by atoms with Crippen LogP contribution in [0.4, 0.5) is 4.39 Å². The molecule has 0 spiro atoms. The normalized spacial score (nSPS) is 23.5. The highest BCUT2D eigenvalue weighted by Gasteiger charge is 2.27. The van der Waals surface area contributed by atoms with Crippen LogP contribution in [-0.4, -0.2) is 12.6 Å². The summed E-state index contributed by atoms with van der Waals surface area (Å²) in [5.74, 6) is 0.404. The Labute approximate surface area is 114 Å². The zero-order chi connectivity index (χ0) is 13.0. The van der Waals surface area contributed by atoms with Crippen LogP contribution in [0.25, 0.3) is 0 Å². The monoisotopic (exact) mass is 269 g/mol. The van der Waals surface area contributed by atoms with Crippen molar-refractivity contribution < 1.29 is 4.39 Å². The highest BCUT2D eigenvalue weighted by Crippen LogP contribution is 2.31. The van der Waals surface area contributed by atoms with Gasteiger partial charge >= 0.3 is 0 Å². The summed E-state index contributed by atoms with van der Waals surface area (Å²) >= 11 is 6.14. The molecule has 2 unspecified atom stereocenters. The second-order valence-corrected chi connectivity index (χ2v) is 5.60. The molecule has 0 aliphatic heterocycles. The summed E-state index contributed by atoms with van der Waals surface area (Å²) in [5.41, 5.74) is 0.951. The molecule has 0 aromatic heterocycles. The summed E-state index contributed by atoms with van der Waals surface area (Å²) in [6.45, 7) is 3.25. The van der Waals surface area contributed by atoms with Crippen LogP contribution in [0.3, 0.4) is 0 Å². The molecule has 0 bridgehead atoms. The summed E-state index contributed by atoms with van der Waals surface area (Å²) < 4.78 is 13.2. The van der Waals surface area contributed by atoms with E-state index in [1.165, 1.54) is 25.3 Å². The Morgan fingerprint density at radius 2 is 2.22 bits per heavy atom. The summed E-state index contributed by atoms with van der Waals surface area (Å²) in [4.78, 5) is 0. The van der Waals surface area contributed by atoms with Gasteiger partial charge in [-0.25, -0.2) is 4.39 Å². The third-order valence-corrected chi connectivity index (χ3v) is 4.17. The average molecular weight is 270 g/mol. The quantitative estimate of drug-likeness (QED) is 0.845. The lowest BCUT2D eigenvalue weighted by molar-refractivity contribution is 0.398. The van der Waals surface area contributed by atoms with Crippen LogP contribution in [0.2, 0.25) is 5.02 Å². The molecule has 0 radical (unpaired) electrons. The summed E-state index contributed by atoms with van der Waals surface area (Å²) in [5, 5.41) is 4.29. The van der Waals surface area contributed by atoms with Crippen molar-refractivity contribution in [1.82, 2.24) is 5.32 Å². The van der Waals surface area contributed by atoms with E-state index in [1.54, 1.807) is 12.1 Å². The molecule has 1 fully saturated rings. The van der Waals surface area contributed by atoms with Gasteiger partial charge in [0, 0.05) is 11.1 Å². The SMILES string of the molecule is CCCNC1CCCC1Cc1cc(F)ccc1Cl. The Morgan fingerprint density at radius 3 is 3.00 bits per heavy atom. The fourth-order valence-corrected chi connectivity index (χ4v) is 3.06. The highest BCUT2D eigenvalue weighted by atomic mass is 35.5. The molecule has 1 aromatic rings. The number of hydrogen-bond acceptors (Lipinski definition) is 1. The lowest BCUT2D eigenvalue weighted by atomic mass is 9.94. The molecule has 1 nitrogen and oxygen atoms in total. The van der Waals surface area contributed by atoms with Gasteiger partial charge in [-0.15, -0.1) is 0 Å². The van der Waals surface area contributed by atoms with Gasteiger partial charge in [0.05, 0.1) is 0 Å². The number of nitrogens with one attached hydrogen (secondary N) is 1. The van der Waals surface area contributed by atoms with E-state index in [0.29, 0.717) is 17.0 Å². The zero-order valence-corrected chi connectivity index (χ0v) is 11.6. The number of hydrogen-bond donors (Lipinski definition) is 1.